The lowest BCUT2D eigenvalue weighted by atomic mass is 10.1. The van der Waals surface area contributed by atoms with Crippen LogP contribution in [0.2, 0.25) is 0 Å². The van der Waals surface area contributed by atoms with Gasteiger partial charge in [0.25, 0.3) is 5.56 Å². The largest absolute Gasteiger partial charge is 0.313 e. The average molecular weight is 406 g/mol. The molecule has 6 nitrogen and oxygen atoms in total. The summed E-state index contributed by atoms with van der Waals surface area (Å²) in [4.78, 5) is 19.9. The number of sulfonamides is 1. The summed E-state index contributed by atoms with van der Waals surface area (Å²) in [5, 5.41) is 0.476. The minimum Gasteiger partial charge on any atom is -0.313 e. The van der Waals surface area contributed by atoms with E-state index in [1.54, 1.807) is 18.2 Å². The van der Waals surface area contributed by atoms with Crippen LogP contribution < -0.4 is 10.3 Å². The minimum atomic E-state index is -3.60. The summed E-state index contributed by atoms with van der Waals surface area (Å²) in [6.07, 6.45) is 7.07. The first kappa shape index (κ1) is 19.7. The van der Waals surface area contributed by atoms with Crippen LogP contribution in [0.1, 0.15) is 43.0 Å². The Bertz CT molecular complexity index is 1050. The van der Waals surface area contributed by atoms with Crippen LogP contribution in [-0.4, -0.2) is 18.4 Å². The molecule has 0 aliphatic carbocycles. The average Bonchev–Trinajstić information content (AvgIpc) is 3.09. The highest BCUT2D eigenvalue weighted by molar-refractivity contribution is 7.89. The van der Waals surface area contributed by atoms with Gasteiger partial charge in [-0.25, -0.2) is 18.1 Å². The lowest BCUT2D eigenvalue weighted by Gasteiger charge is -2.07. The van der Waals surface area contributed by atoms with Crippen molar-refractivity contribution in [1.29, 1.82) is 0 Å². The smallest absolute Gasteiger partial charge is 0.259 e. The van der Waals surface area contributed by atoms with Gasteiger partial charge in [0, 0.05) is 11.4 Å². The lowest BCUT2D eigenvalue weighted by Crippen LogP contribution is -2.22. The molecule has 8 heteroatoms. The summed E-state index contributed by atoms with van der Waals surface area (Å²) in [5.41, 5.74) is 0.930. The fourth-order valence-electron chi connectivity index (χ4n) is 2.84. The molecule has 2 aromatic heterocycles. The summed E-state index contributed by atoms with van der Waals surface area (Å²) >= 11 is 1.30. The fourth-order valence-corrected chi connectivity index (χ4v) is 4.88. The molecular formula is C19H23N3O3S2. The van der Waals surface area contributed by atoms with Gasteiger partial charge in [-0.15, -0.1) is 11.3 Å². The Kier molecular flexibility index (Phi) is 6.41. The molecule has 144 valence electrons. The zero-order valence-corrected chi connectivity index (χ0v) is 16.8. The molecule has 0 saturated heterocycles. The summed E-state index contributed by atoms with van der Waals surface area (Å²) in [6, 6.07) is 8.73. The number of hydrogen-bond acceptors (Lipinski definition) is 5. The highest BCUT2D eigenvalue weighted by Gasteiger charge is 2.15. The Balaban J connectivity index is 1.63. The van der Waals surface area contributed by atoms with E-state index in [0.717, 1.165) is 23.3 Å². The SMILES string of the molecule is CCCCCCc1ccc(S(=O)(=O)NCc2cc3c(=O)[nH]cnc3s2)cc1. The third kappa shape index (κ3) is 5.03. The molecule has 27 heavy (non-hydrogen) atoms. The molecule has 0 spiro atoms. The molecule has 3 rings (SSSR count). The van der Waals surface area contributed by atoms with Crippen LogP contribution in [0, 0.1) is 0 Å². The quantitative estimate of drug-likeness (QED) is 0.532. The van der Waals surface area contributed by atoms with E-state index < -0.39 is 10.0 Å². The van der Waals surface area contributed by atoms with Crippen LogP contribution >= 0.6 is 11.3 Å². The zero-order valence-electron chi connectivity index (χ0n) is 15.2. The van der Waals surface area contributed by atoms with Crippen LogP contribution in [-0.2, 0) is 23.0 Å². The normalized spacial score (nSPS) is 11.9. The number of H-pyrrole nitrogens is 1. The van der Waals surface area contributed by atoms with E-state index in [1.807, 2.05) is 12.1 Å². The molecule has 0 saturated carbocycles. The number of hydrogen-bond donors (Lipinski definition) is 2. The van der Waals surface area contributed by atoms with Crippen LogP contribution in [0.15, 0.2) is 46.3 Å². The van der Waals surface area contributed by atoms with Gasteiger partial charge in [-0.2, -0.15) is 0 Å². The lowest BCUT2D eigenvalue weighted by molar-refractivity contribution is 0.581. The highest BCUT2D eigenvalue weighted by Crippen LogP contribution is 2.21. The molecule has 0 bridgehead atoms. The first-order chi connectivity index (χ1) is 13.0. The number of nitrogens with zero attached hydrogens (tertiary/aromatic N) is 1. The molecule has 0 radical (unpaired) electrons. The maximum absolute atomic E-state index is 12.5. The number of aryl methyl sites for hydroxylation is 1. The number of aromatic nitrogens is 2. The third-order valence-corrected chi connectivity index (χ3v) is 6.83. The highest BCUT2D eigenvalue weighted by atomic mass is 32.2. The predicted octanol–water partition coefficient (Wildman–Crippen LogP) is 3.59. The van der Waals surface area contributed by atoms with Crippen molar-refractivity contribution in [3.05, 3.63) is 57.5 Å². The molecule has 2 N–H and O–H groups in total. The topological polar surface area (TPSA) is 91.9 Å². The summed E-state index contributed by atoms with van der Waals surface area (Å²) in [7, 11) is -3.60. The van der Waals surface area contributed by atoms with Gasteiger partial charge in [0.1, 0.15) is 4.83 Å². The molecule has 3 aromatic rings. The maximum atomic E-state index is 12.5. The molecule has 0 amide bonds. The fraction of sp³-hybridized carbons (Fsp3) is 0.368. The van der Waals surface area contributed by atoms with Gasteiger partial charge in [0.05, 0.1) is 16.6 Å². The number of thiophene rings is 1. The van der Waals surface area contributed by atoms with E-state index in [-0.39, 0.29) is 17.0 Å². The number of fused-ring (bicyclic) bond motifs is 1. The first-order valence-electron chi connectivity index (χ1n) is 9.04. The van der Waals surface area contributed by atoms with Crippen molar-refractivity contribution in [2.45, 2.75) is 50.5 Å². The van der Waals surface area contributed by atoms with Crippen molar-refractivity contribution in [2.75, 3.05) is 0 Å². The molecular weight excluding hydrogens is 382 g/mol. The number of rotatable bonds is 9. The Morgan fingerprint density at radius 1 is 1.15 bits per heavy atom. The van der Waals surface area contributed by atoms with Gasteiger partial charge < -0.3 is 4.98 Å². The van der Waals surface area contributed by atoms with Crippen molar-refractivity contribution in [3.8, 4) is 0 Å². The van der Waals surface area contributed by atoms with Crippen molar-refractivity contribution < 1.29 is 8.42 Å². The van der Waals surface area contributed by atoms with E-state index in [2.05, 4.69) is 21.6 Å². The van der Waals surface area contributed by atoms with E-state index in [0.29, 0.717) is 10.2 Å². The monoisotopic (exact) mass is 405 g/mol. The third-order valence-electron chi connectivity index (χ3n) is 4.37. The Hall–Kier alpha value is -2.03. The second kappa shape index (κ2) is 8.77. The summed E-state index contributed by atoms with van der Waals surface area (Å²) in [6.45, 7) is 2.31. The molecule has 2 heterocycles. The maximum Gasteiger partial charge on any atom is 0.259 e. The van der Waals surface area contributed by atoms with Crippen LogP contribution in [0.5, 0.6) is 0 Å². The Labute approximate surface area is 162 Å². The van der Waals surface area contributed by atoms with Gasteiger partial charge in [-0.3, -0.25) is 4.79 Å². The summed E-state index contributed by atoms with van der Waals surface area (Å²) < 4.78 is 27.6. The second-order valence-corrected chi connectivity index (χ2v) is 9.32. The minimum absolute atomic E-state index is 0.127. The molecule has 0 atom stereocenters. The van der Waals surface area contributed by atoms with Crippen molar-refractivity contribution >= 4 is 31.6 Å². The van der Waals surface area contributed by atoms with Crippen LogP contribution in [0.4, 0.5) is 0 Å². The predicted molar refractivity (Wildman–Crippen MR) is 109 cm³/mol. The molecule has 0 unspecified atom stereocenters. The Morgan fingerprint density at radius 2 is 1.93 bits per heavy atom. The van der Waals surface area contributed by atoms with Gasteiger partial charge >= 0.3 is 0 Å². The van der Waals surface area contributed by atoms with Gasteiger partial charge in [-0.05, 0) is 36.6 Å². The standard InChI is InChI=1S/C19H23N3O3S2/c1-2-3-4-5-6-14-7-9-16(10-8-14)27(24,25)22-12-15-11-17-18(23)20-13-21-19(17)26-15/h7-11,13,22H,2-6,12H2,1H3,(H,20,21,23). The Morgan fingerprint density at radius 3 is 2.63 bits per heavy atom. The molecule has 1 aromatic carbocycles. The van der Waals surface area contributed by atoms with E-state index >= 15 is 0 Å². The van der Waals surface area contributed by atoms with E-state index in [4.69, 9.17) is 0 Å². The van der Waals surface area contributed by atoms with E-state index in [1.165, 1.54) is 36.9 Å². The number of benzene rings is 1. The first-order valence-corrected chi connectivity index (χ1v) is 11.3. The number of nitrogens with one attached hydrogen (secondary N) is 2. The van der Waals surface area contributed by atoms with Gasteiger partial charge in [0.15, 0.2) is 0 Å². The number of aromatic amines is 1. The van der Waals surface area contributed by atoms with Crippen LogP contribution in [0.25, 0.3) is 10.2 Å². The molecule has 0 fully saturated rings. The van der Waals surface area contributed by atoms with Gasteiger partial charge in [0.2, 0.25) is 10.0 Å². The van der Waals surface area contributed by atoms with Crippen molar-refractivity contribution in [1.82, 2.24) is 14.7 Å². The second-order valence-electron chi connectivity index (χ2n) is 6.44. The summed E-state index contributed by atoms with van der Waals surface area (Å²) in [5.74, 6) is 0. The van der Waals surface area contributed by atoms with Crippen molar-refractivity contribution in [2.24, 2.45) is 0 Å². The van der Waals surface area contributed by atoms with Gasteiger partial charge in [-0.1, -0.05) is 38.3 Å². The van der Waals surface area contributed by atoms with E-state index in [9.17, 15) is 13.2 Å². The number of unbranched alkanes of at least 4 members (excludes halogenated alkanes) is 3. The molecule has 0 aliphatic heterocycles. The molecule has 0 aliphatic rings. The zero-order chi connectivity index (χ0) is 19.3. The van der Waals surface area contributed by atoms with Crippen molar-refractivity contribution in [3.63, 3.8) is 0 Å². The van der Waals surface area contributed by atoms with Crippen LogP contribution in [0.3, 0.4) is 0 Å².